The van der Waals surface area contributed by atoms with Crippen LogP contribution in [0.5, 0.6) is 5.75 Å². The lowest BCUT2D eigenvalue weighted by Crippen LogP contribution is -2.14. The number of carbonyl (C=O) groups excluding carboxylic acids is 1. The summed E-state index contributed by atoms with van der Waals surface area (Å²) in [5.41, 5.74) is 1.93. The van der Waals surface area contributed by atoms with E-state index >= 15 is 0 Å². The lowest BCUT2D eigenvalue weighted by atomic mass is 10.1. The molecule has 0 fully saturated rings. The van der Waals surface area contributed by atoms with Gasteiger partial charge in [0.25, 0.3) is 5.91 Å². The molecule has 1 amide bonds. The molecular formula is C19H15I2NO4. The summed E-state index contributed by atoms with van der Waals surface area (Å²) in [7, 11) is 1.55. The minimum Gasteiger partial charge on any atom is -0.495 e. The largest absolute Gasteiger partial charge is 0.495 e. The van der Waals surface area contributed by atoms with E-state index in [9.17, 15) is 4.79 Å². The van der Waals surface area contributed by atoms with Gasteiger partial charge in [0.15, 0.2) is 0 Å². The lowest BCUT2D eigenvalue weighted by Gasteiger charge is -2.12. The Morgan fingerprint density at radius 1 is 1.15 bits per heavy atom. The summed E-state index contributed by atoms with van der Waals surface area (Å²) < 4.78 is 12.8. The molecule has 0 spiro atoms. The second kappa shape index (κ2) is 8.40. The molecule has 0 aliphatic rings. The number of carbonyl (C=O) groups is 1. The van der Waals surface area contributed by atoms with E-state index in [2.05, 4.69) is 50.5 Å². The van der Waals surface area contributed by atoms with E-state index in [-0.39, 0.29) is 12.5 Å². The van der Waals surface area contributed by atoms with E-state index < -0.39 is 0 Å². The molecule has 134 valence electrons. The summed E-state index contributed by atoms with van der Waals surface area (Å²) in [5, 5.41) is 12.1. The Morgan fingerprint density at radius 2 is 1.96 bits per heavy atom. The number of furan rings is 1. The fourth-order valence-corrected chi connectivity index (χ4v) is 3.51. The van der Waals surface area contributed by atoms with E-state index in [1.807, 2.05) is 24.3 Å². The number of amides is 1. The van der Waals surface area contributed by atoms with E-state index in [4.69, 9.17) is 14.3 Å². The van der Waals surface area contributed by atoms with Gasteiger partial charge in [-0.25, -0.2) is 0 Å². The predicted molar refractivity (Wildman–Crippen MR) is 116 cm³/mol. The standard InChI is InChI=1S/C19H15I2NO4/c1-25-18-6-2-11(17-7-4-13(10-23)26-17)8-16(18)22-19(24)14-9-12(20)3-5-15(14)21/h2-9,23H,10H2,1H3,(H,22,24). The van der Waals surface area contributed by atoms with Crippen LogP contribution in [0.25, 0.3) is 11.3 Å². The van der Waals surface area contributed by atoms with Gasteiger partial charge >= 0.3 is 0 Å². The van der Waals surface area contributed by atoms with Crippen LogP contribution in [-0.4, -0.2) is 18.1 Å². The maximum atomic E-state index is 12.7. The van der Waals surface area contributed by atoms with Crippen LogP contribution >= 0.6 is 45.2 Å². The van der Waals surface area contributed by atoms with Crippen LogP contribution < -0.4 is 10.1 Å². The molecule has 0 atom stereocenters. The number of rotatable bonds is 5. The SMILES string of the molecule is COc1ccc(-c2ccc(CO)o2)cc1NC(=O)c1cc(I)ccc1I. The maximum Gasteiger partial charge on any atom is 0.256 e. The number of benzene rings is 2. The van der Waals surface area contributed by atoms with Gasteiger partial charge in [0, 0.05) is 12.7 Å². The first-order chi connectivity index (χ1) is 12.5. The second-order valence-corrected chi connectivity index (χ2v) is 7.83. The first-order valence-electron chi connectivity index (χ1n) is 7.66. The fraction of sp³-hybridized carbons (Fsp3) is 0.105. The number of methoxy groups -OCH3 is 1. The minimum absolute atomic E-state index is 0.162. The second-order valence-electron chi connectivity index (χ2n) is 5.42. The van der Waals surface area contributed by atoms with Crippen molar-refractivity contribution in [3.8, 4) is 17.1 Å². The van der Waals surface area contributed by atoms with E-state index in [0.717, 1.165) is 12.7 Å². The van der Waals surface area contributed by atoms with Gasteiger partial charge in [0.05, 0.1) is 18.4 Å². The smallest absolute Gasteiger partial charge is 0.256 e. The highest BCUT2D eigenvalue weighted by molar-refractivity contribution is 14.1. The molecule has 1 aromatic heterocycles. The molecule has 0 aliphatic heterocycles. The fourth-order valence-electron chi connectivity index (χ4n) is 2.44. The zero-order valence-electron chi connectivity index (χ0n) is 13.8. The molecule has 7 heteroatoms. The van der Waals surface area contributed by atoms with Crippen molar-refractivity contribution in [3.63, 3.8) is 0 Å². The van der Waals surface area contributed by atoms with Crippen LogP contribution in [0.4, 0.5) is 5.69 Å². The number of aliphatic hydroxyl groups excluding tert-OH is 1. The molecule has 1 heterocycles. The Balaban J connectivity index is 1.94. The third-order valence-electron chi connectivity index (χ3n) is 3.72. The first kappa shape index (κ1) is 19.2. The maximum absolute atomic E-state index is 12.7. The zero-order chi connectivity index (χ0) is 18.7. The number of aliphatic hydroxyl groups is 1. The number of anilines is 1. The van der Waals surface area contributed by atoms with Gasteiger partial charge in [-0.1, -0.05) is 0 Å². The van der Waals surface area contributed by atoms with Crippen LogP contribution in [0.15, 0.2) is 52.9 Å². The van der Waals surface area contributed by atoms with Crippen molar-refractivity contribution in [2.24, 2.45) is 0 Å². The van der Waals surface area contributed by atoms with Crippen molar-refractivity contribution in [3.05, 3.63) is 67.0 Å². The summed E-state index contributed by atoms with van der Waals surface area (Å²) in [6.07, 6.45) is 0. The molecule has 3 rings (SSSR count). The topological polar surface area (TPSA) is 71.7 Å². The van der Waals surface area contributed by atoms with Gasteiger partial charge in [-0.3, -0.25) is 4.79 Å². The molecule has 3 aromatic rings. The van der Waals surface area contributed by atoms with Crippen LogP contribution in [0.1, 0.15) is 16.1 Å². The van der Waals surface area contributed by atoms with Crippen molar-refractivity contribution < 1.29 is 19.1 Å². The van der Waals surface area contributed by atoms with Crippen molar-refractivity contribution in [2.75, 3.05) is 12.4 Å². The van der Waals surface area contributed by atoms with Gasteiger partial charge in [-0.15, -0.1) is 0 Å². The van der Waals surface area contributed by atoms with Crippen LogP contribution in [0.2, 0.25) is 0 Å². The molecule has 0 saturated heterocycles. The van der Waals surface area contributed by atoms with Crippen molar-refractivity contribution >= 4 is 56.8 Å². The van der Waals surface area contributed by atoms with Gasteiger partial charge in [-0.2, -0.15) is 0 Å². The summed E-state index contributed by atoms with van der Waals surface area (Å²) in [6.45, 7) is -0.162. The number of ether oxygens (including phenoxy) is 1. The molecule has 5 nitrogen and oxygen atoms in total. The van der Waals surface area contributed by atoms with Crippen molar-refractivity contribution in [1.29, 1.82) is 0 Å². The van der Waals surface area contributed by atoms with Gasteiger partial charge < -0.3 is 19.6 Å². The van der Waals surface area contributed by atoms with Gasteiger partial charge in [0.1, 0.15) is 23.9 Å². The molecule has 26 heavy (non-hydrogen) atoms. The third kappa shape index (κ3) is 4.21. The van der Waals surface area contributed by atoms with E-state index in [1.165, 1.54) is 0 Å². The molecule has 0 bridgehead atoms. The highest BCUT2D eigenvalue weighted by Crippen LogP contribution is 2.32. The molecular weight excluding hydrogens is 560 g/mol. The Hall–Kier alpha value is -1.59. The average Bonchev–Trinajstić information content (AvgIpc) is 3.13. The molecule has 2 aromatic carbocycles. The monoisotopic (exact) mass is 575 g/mol. The highest BCUT2D eigenvalue weighted by Gasteiger charge is 2.15. The summed E-state index contributed by atoms with van der Waals surface area (Å²) in [5.74, 6) is 1.43. The average molecular weight is 575 g/mol. The van der Waals surface area contributed by atoms with Crippen molar-refractivity contribution in [1.82, 2.24) is 0 Å². The molecule has 0 unspecified atom stereocenters. The Bertz CT molecular complexity index is 952. The number of nitrogens with one attached hydrogen (secondary N) is 1. The Labute approximate surface area is 178 Å². The van der Waals surface area contributed by atoms with Crippen molar-refractivity contribution in [2.45, 2.75) is 6.61 Å². The van der Waals surface area contributed by atoms with Gasteiger partial charge in [0.2, 0.25) is 0 Å². The predicted octanol–water partition coefficient (Wildman–Crippen LogP) is 4.91. The zero-order valence-corrected chi connectivity index (χ0v) is 18.1. The summed E-state index contributed by atoms with van der Waals surface area (Å²) in [4.78, 5) is 12.7. The van der Waals surface area contributed by atoms with Crippen LogP contribution in [0.3, 0.4) is 0 Å². The lowest BCUT2D eigenvalue weighted by molar-refractivity contribution is 0.102. The molecule has 2 N–H and O–H groups in total. The number of hydrogen-bond acceptors (Lipinski definition) is 4. The number of hydrogen-bond donors (Lipinski definition) is 2. The first-order valence-corrected chi connectivity index (χ1v) is 9.82. The normalized spacial score (nSPS) is 10.6. The minimum atomic E-state index is -0.209. The summed E-state index contributed by atoms with van der Waals surface area (Å²) >= 11 is 4.32. The van der Waals surface area contributed by atoms with Crippen LogP contribution in [0, 0.1) is 7.14 Å². The number of halogens is 2. The third-order valence-corrected chi connectivity index (χ3v) is 5.33. The molecule has 0 saturated carbocycles. The quantitative estimate of drug-likeness (QED) is 0.425. The Kier molecular flexibility index (Phi) is 6.20. The molecule has 0 aliphatic carbocycles. The van der Waals surface area contributed by atoms with Gasteiger partial charge in [-0.05, 0) is 93.7 Å². The molecule has 0 radical (unpaired) electrons. The highest BCUT2D eigenvalue weighted by atomic mass is 127. The van der Waals surface area contributed by atoms with E-state index in [0.29, 0.717) is 28.5 Å². The summed E-state index contributed by atoms with van der Waals surface area (Å²) in [6, 6.07) is 14.6. The van der Waals surface area contributed by atoms with E-state index in [1.54, 1.807) is 31.4 Å². The van der Waals surface area contributed by atoms with Crippen LogP contribution in [-0.2, 0) is 6.61 Å². The Morgan fingerprint density at radius 3 is 2.65 bits per heavy atom.